The zero-order valence-electron chi connectivity index (χ0n) is 10.2. The highest BCUT2D eigenvalue weighted by atomic mass is 16.2. The summed E-state index contributed by atoms with van der Waals surface area (Å²) in [5.74, 6) is 0.0731. The van der Waals surface area contributed by atoms with E-state index in [-0.39, 0.29) is 5.91 Å². The lowest BCUT2D eigenvalue weighted by atomic mass is 10.1. The van der Waals surface area contributed by atoms with Crippen LogP contribution in [0.15, 0.2) is 30.8 Å². The van der Waals surface area contributed by atoms with Gasteiger partial charge in [0.1, 0.15) is 0 Å². The molecule has 1 N–H and O–H groups in total. The Labute approximate surface area is 102 Å². The van der Waals surface area contributed by atoms with E-state index < -0.39 is 0 Å². The summed E-state index contributed by atoms with van der Waals surface area (Å²) >= 11 is 0. The number of benzene rings is 1. The van der Waals surface area contributed by atoms with Gasteiger partial charge in [0, 0.05) is 29.9 Å². The minimum absolute atomic E-state index is 0.0731. The molecule has 1 heterocycles. The molecule has 1 aliphatic heterocycles. The molecule has 17 heavy (non-hydrogen) atoms. The molecule has 0 bridgehead atoms. The van der Waals surface area contributed by atoms with Crippen molar-refractivity contribution in [1.82, 2.24) is 10.2 Å². The first kappa shape index (κ1) is 11.9. The Kier molecular flexibility index (Phi) is 3.59. The second-order valence-electron chi connectivity index (χ2n) is 4.20. The molecule has 0 saturated heterocycles. The highest BCUT2D eigenvalue weighted by Gasteiger charge is 2.29. The zero-order chi connectivity index (χ0) is 12.3. The quantitative estimate of drug-likeness (QED) is 0.786. The number of nitrogens with zero attached hydrogens (tertiary/aromatic N) is 1. The van der Waals surface area contributed by atoms with Crippen LogP contribution < -0.4 is 5.32 Å². The normalized spacial score (nSPS) is 14.3. The van der Waals surface area contributed by atoms with Crippen LogP contribution in [0, 0.1) is 0 Å². The summed E-state index contributed by atoms with van der Waals surface area (Å²) in [7, 11) is 0. The van der Waals surface area contributed by atoms with Gasteiger partial charge < -0.3 is 10.2 Å². The van der Waals surface area contributed by atoms with Crippen molar-refractivity contribution in [1.29, 1.82) is 0 Å². The van der Waals surface area contributed by atoms with Crippen LogP contribution in [0.1, 0.15) is 29.3 Å². The maximum Gasteiger partial charge on any atom is 0.258 e. The molecule has 0 atom stereocenters. The van der Waals surface area contributed by atoms with E-state index in [1.165, 1.54) is 0 Å². The van der Waals surface area contributed by atoms with Gasteiger partial charge in [-0.2, -0.15) is 0 Å². The number of amides is 1. The average Bonchev–Trinajstić information content (AvgIpc) is 2.60. The first-order chi connectivity index (χ1) is 8.25. The minimum Gasteiger partial charge on any atom is -0.315 e. The molecule has 0 saturated carbocycles. The molecule has 0 aromatic heterocycles. The molecule has 90 valence electrons. The SMILES string of the molecule is C=C1c2ccccc2C(=O)N1CCNCCC. The third kappa shape index (κ3) is 2.24. The van der Waals surface area contributed by atoms with Crippen LogP contribution in [0.2, 0.25) is 0 Å². The van der Waals surface area contributed by atoms with Crippen LogP contribution >= 0.6 is 0 Å². The Morgan fingerprint density at radius 2 is 1.94 bits per heavy atom. The summed E-state index contributed by atoms with van der Waals surface area (Å²) in [5.41, 5.74) is 2.56. The van der Waals surface area contributed by atoms with Crippen molar-refractivity contribution in [3.05, 3.63) is 42.0 Å². The van der Waals surface area contributed by atoms with Gasteiger partial charge in [0.2, 0.25) is 0 Å². The number of carbonyl (C=O) groups is 1. The fourth-order valence-electron chi connectivity index (χ4n) is 2.06. The highest BCUT2D eigenvalue weighted by molar-refractivity contribution is 6.08. The molecule has 0 spiro atoms. The van der Waals surface area contributed by atoms with Gasteiger partial charge >= 0.3 is 0 Å². The number of rotatable bonds is 5. The molecule has 1 aromatic rings. The van der Waals surface area contributed by atoms with Gasteiger partial charge in [-0.05, 0) is 19.0 Å². The van der Waals surface area contributed by atoms with Crippen LogP contribution in [-0.2, 0) is 0 Å². The summed E-state index contributed by atoms with van der Waals surface area (Å²) in [6.07, 6.45) is 1.11. The molecule has 3 heteroatoms. The Bertz CT molecular complexity index is 405. The highest BCUT2D eigenvalue weighted by Crippen LogP contribution is 2.30. The van der Waals surface area contributed by atoms with Crippen LogP contribution in [0.4, 0.5) is 0 Å². The summed E-state index contributed by atoms with van der Waals surface area (Å²) in [5, 5.41) is 3.29. The number of hydrogen-bond acceptors (Lipinski definition) is 2. The predicted octanol–water partition coefficient (Wildman–Crippen LogP) is 2.11. The van der Waals surface area contributed by atoms with Crippen LogP contribution in [-0.4, -0.2) is 30.4 Å². The fraction of sp³-hybridized carbons (Fsp3) is 0.357. The molecular weight excluding hydrogens is 212 g/mol. The topological polar surface area (TPSA) is 32.3 Å². The molecule has 1 amide bonds. The van der Waals surface area contributed by atoms with Crippen LogP contribution in [0.25, 0.3) is 5.70 Å². The Morgan fingerprint density at radius 1 is 1.24 bits per heavy atom. The van der Waals surface area contributed by atoms with Gasteiger partial charge in [0.05, 0.1) is 0 Å². The standard InChI is InChI=1S/C14H18N2O/c1-3-8-15-9-10-16-11(2)12-6-4-5-7-13(12)14(16)17/h4-7,15H,2-3,8-10H2,1H3. The first-order valence-electron chi connectivity index (χ1n) is 6.06. The summed E-state index contributed by atoms with van der Waals surface area (Å²) in [4.78, 5) is 13.9. The van der Waals surface area contributed by atoms with Gasteiger partial charge in [0.25, 0.3) is 5.91 Å². The van der Waals surface area contributed by atoms with Crippen molar-refractivity contribution in [2.75, 3.05) is 19.6 Å². The van der Waals surface area contributed by atoms with E-state index >= 15 is 0 Å². The molecule has 1 aromatic carbocycles. The van der Waals surface area contributed by atoms with Gasteiger partial charge in [-0.3, -0.25) is 4.79 Å². The molecule has 3 nitrogen and oxygen atoms in total. The lowest BCUT2D eigenvalue weighted by molar-refractivity contribution is 0.0851. The Hall–Kier alpha value is -1.61. The summed E-state index contributed by atoms with van der Waals surface area (Å²) in [6.45, 7) is 8.62. The van der Waals surface area contributed by atoms with E-state index in [4.69, 9.17) is 0 Å². The Morgan fingerprint density at radius 3 is 2.59 bits per heavy atom. The molecule has 0 fully saturated rings. The van der Waals surface area contributed by atoms with E-state index in [0.29, 0.717) is 6.54 Å². The number of fused-ring (bicyclic) bond motifs is 1. The van der Waals surface area contributed by atoms with Crippen molar-refractivity contribution in [3.63, 3.8) is 0 Å². The van der Waals surface area contributed by atoms with Gasteiger partial charge in [-0.15, -0.1) is 0 Å². The molecule has 0 radical (unpaired) electrons. The smallest absolute Gasteiger partial charge is 0.258 e. The lowest BCUT2D eigenvalue weighted by Crippen LogP contribution is -2.31. The van der Waals surface area contributed by atoms with Crippen LogP contribution in [0.3, 0.4) is 0 Å². The van der Waals surface area contributed by atoms with E-state index in [1.807, 2.05) is 24.3 Å². The van der Waals surface area contributed by atoms with E-state index in [1.54, 1.807) is 4.90 Å². The number of hydrogen-bond donors (Lipinski definition) is 1. The van der Waals surface area contributed by atoms with E-state index in [0.717, 1.165) is 36.3 Å². The maximum atomic E-state index is 12.1. The zero-order valence-corrected chi connectivity index (χ0v) is 10.2. The Balaban J connectivity index is 2.03. The van der Waals surface area contributed by atoms with Crippen molar-refractivity contribution in [2.45, 2.75) is 13.3 Å². The number of carbonyl (C=O) groups excluding carboxylic acids is 1. The monoisotopic (exact) mass is 230 g/mol. The molecular formula is C14H18N2O. The second-order valence-corrected chi connectivity index (χ2v) is 4.20. The largest absolute Gasteiger partial charge is 0.315 e. The van der Waals surface area contributed by atoms with Gasteiger partial charge in [-0.25, -0.2) is 0 Å². The molecule has 0 unspecified atom stereocenters. The van der Waals surface area contributed by atoms with Crippen molar-refractivity contribution >= 4 is 11.6 Å². The third-order valence-electron chi connectivity index (χ3n) is 2.98. The molecule has 1 aliphatic rings. The van der Waals surface area contributed by atoms with Crippen molar-refractivity contribution in [2.24, 2.45) is 0 Å². The van der Waals surface area contributed by atoms with Crippen molar-refractivity contribution < 1.29 is 4.79 Å². The number of nitrogens with one attached hydrogen (secondary N) is 1. The minimum atomic E-state index is 0.0731. The van der Waals surface area contributed by atoms with E-state index in [9.17, 15) is 4.79 Å². The average molecular weight is 230 g/mol. The fourth-order valence-corrected chi connectivity index (χ4v) is 2.06. The lowest BCUT2D eigenvalue weighted by Gasteiger charge is -2.17. The summed E-state index contributed by atoms with van der Waals surface area (Å²) < 4.78 is 0. The maximum absolute atomic E-state index is 12.1. The predicted molar refractivity (Wildman–Crippen MR) is 69.7 cm³/mol. The molecule has 2 rings (SSSR count). The van der Waals surface area contributed by atoms with Gasteiger partial charge in [0.15, 0.2) is 0 Å². The van der Waals surface area contributed by atoms with Crippen molar-refractivity contribution in [3.8, 4) is 0 Å². The second kappa shape index (κ2) is 5.15. The third-order valence-corrected chi connectivity index (χ3v) is 2.98. The van der Waals surface area contributed by atoms with Gasteiger partial charge in [-0.1, -0.05) is 31.7 Å². The van der Waals surface area contributed by atoms with E-state index in [2.05, 4.69) is 18.8 Å². The van der Waals surface area contributed by atoms with Crippen LogP contribution in [0.5, 0.6) is 0 Å². The first-order valence-corrected chi connectivity index (χ1v) is 6.06. The molecule has 0 aliphatic carbocycles. The summed E-state index contributed by atoms with van der Waals surface area (Å²) in [6, 6.07) is 7.65.